The van der Waals surface area contributed by atoms with E-state index in [4.69, 9.17) is 10.1 Å². The van der Waals surface area contributed by atoms with Crippen molar-refractivity contribution in [2.24, 2.45) is 7.05 Å². The van der Waals surface area contributed by atoms with Crippen molar-refractivity contribution >= 4 is 5.65 Å². The molecule has 1 saturated heterocycles. The number of fused-ring (bicyclic) bond motifs is 6. The average molecular weight is 350 g/mol. The normalized spacial score (nSPS) is 22.9. The molecule has 3 aromatic rings. The first kappa shape index (κ1) is 16.0. The van der Waals surface area contributed by atoms with Crippen LogP contribution >= 0.6 is 0 Å². The molecule has 0 amide bonds. The highest BCUT2D eigenvalue weighted by Crippen LogP contribution is 2.44. The zero-order chi connectivity index (χ0) is 18.1. The number of nitrogens with zero attached hydrogens (tertiary/aromatic N) is 6. The van der Waals surface area contributed by atoms with E-state index >= 15 is 0 Å². The van der Waals surface area contributed by atoms with Crippen LogP contribution < -0.4 is 0 Å². The highest BCUT2D eigenvalue weighted by atomic mass is 15.3. The molecule has 2 aliphatic heterocycles. The summed E-state index contributed by atoms with van der Waals surface area (Å²) in [5.74, 6) is 0. The average Bonchev–Trinajstić information content (AvgIpc) is 3.26. The molecule has 2 bridgehead atoms. The summed E-state index contributed by atoms with van der Waals surface area (Å²) in [7, 11) is 2.03. The Labute approximate surface area is 153 Å². The lowest BCUT2D eigenvalue weighted by Gasteiger charge is -2.36. The van der Waals surface area contributed by atoms with Crippen LogP contribution in [-0.4, -0.2) is 35.3 Å². The van der Waals surface area contributed by atoms with Crippen LogP contribution in [0.4, 0.5) is 0 Å². The van der Waals surface area contributed by atoms with Crippen molar-refractivity contribution in [1.29, 1.82) is 0 Å². The summed E-state index contributed by atoms with van der Waals surface area (Å²) in [6.45, 7) is 7.58. The molecule has 2 atom stereocenters. The lowest BCUT2D eigenvalue weighted by Crippen LogP contribution is -2.38. The van der Waals surface area contributed by atoms with Gasteiger partial charge in [-0.25, -0.2) is 9.50 Å². The van der Waals surface area contributed by atoms with E-state index in [0.717, 1.165) is 24.3 Å². The second-order valence-electron chi connectivity index (χ2n) is 8.78. The largest absolute Gasteiger partial charge is 0.287 e. The van der Waals surface area contributed by atoms with Gasteiger partial charge < -0.3 is 0 Å². The van der Waals surface area contributed by atoms with Crippen molar-refractivity contribution in [3.05, 3.63) is 47.2 Å². The van der Waals surface area contributed by atoms with Crippen molar-refractivity contribution in [3.8, 4) is 0 Å². The molecule has 0 N–H and O–H groups in total. The lowest BCUT2D eigenvalue weighted by molar-refractivity contribution is 0.161. The number of hydrogen-bond acceptors (Lipinski definition) is 4. The predicted octanol–water partition coefficient (Wildman–Crippen LogP) is 3.02. The van der Waals surface area contributed by atoms with Gasteiger partial charge in [0.1, 0.15) is 0 Å². The minimum absolute atomic E-state index is 0.0415. The monoisotopic (exact) mass is 350 g/mol. The molecule has 26 heavy (non-hydrogen) atoms. The van der Waals surface area contributed by atoms with Gasteiger partial charge in [-0.3, -0.25) is 9.58 Å². The van der Waals surface area contributed by atoms with Crippen LogP contribution in [0.3, 0.4) is 0 Å². The highest BCUT2D eigenvalue weighted by molar-refractivity contribution is 5.45. The molecule has 3 aromatic heterocycles. The van der Waals surface area contributed by atoms with E-state index in [0.29, 0.717) is 12.1 Å². The Bertz CT molecular complexity index is 976. The van der Waals surface area contributed by atoms with Crippen LogP contribution in [0.5, 0.6) is 0 Å². The number of hydrogen-bond donors (Lipinski definition) is 0. The number of rotatable bonds is 2. The zero-order valence-electron chi connectivity index (χ0n) is 16.0. The van der Waals surface area contributed by atoms with Gasteiger partial charge in [0.25, 0.3) is 0 Å². The van der Waals surface area contributed by atoms with E-state index in [1.807, 2.05) is 17.9 Å². The summed E-state index contributed by atoms with van der Waals surface area (Å²) in [5, 5.41) is 9.26. The Hall–Kier alpha value is -2.21. The third kappa shape index (κ3) is 2.31. The Kier molecular flexibility index (Phi) is 3.32. The van der Waals surface area contributed by atoms with Crippen molar-refractivity contribution in [3.63, 3.8) is 0 Å². The number of aryl methyl sites for hydroxylation is 1. The van der Waals surface area contributed by atoms with E-state index in [1.54, 1.807) is 0 Å². The molecule has 0 aliphatic carbocycles. The minimum atomic E-state index is 0.0415. The first-order valence-corrected chi connectivity index (χ1v) is 9.52. The topological polar surface area (TPSA) is 51.2 Å². The Morgan fingerprint density at radius 1 is 1.23 bits per heavy atom. The fourth-order valence-electron chi connectivity index (χ4n) is 4.54. The van der Waals surface area contributed by atoms with E-state index in [-0.39, 0.29) is 5.41 Å². The molecule has 1 fully saturated rings. The quantitative estimate of drug-likeness (QED) is 0.713. The molecule has 0 saturated carbocycles. The molecule has 5 rings (SSSR count). The predicted molar refractivity (Wildman–Crippen MR) is 99.9 cm³/mol. The Balaban J connectivity index is 1.56. The van der Waals surface area contributed by atoms with Crippen molar-refractivity contribution in [1.82, 2.24) is 29.3 Å². The molecule has 0 unspecified atom stereocenters. The molecule has 6 nitrogen and oxygen atoms in total. The standard InChI is InChI=1S/C20H26N6/c1-20(2,3)18-10-19-21-11-15-16-6-5-13(9-17(15)26(19)23-18)25(16)12-14-7-8-22-24(14)4/h7-8,10-11,13,16H,5-6,9,12H2,1-4H3/t13-,16+/m0/s1. The van der Waals surface area contributed by atoms with Gasteiger partial charge >= 0.3 is 0 Å². The Morgan fingerprint density at radius 2 is 2.08 bits per heavy atom. The van der Waals surface area contributed by atoms with Crippen LogP contribution in [0.15, 0.2) is 24.5 Å². The van der Waals surface area contributed by atoms with Crippen molar-refractivity contribution < 1.29 is 0 Å². The maximum absolute atomic E-state index is 4.93. The molecule has 6 heteroatoms. The van der Waals surface area contributed by atoms with Crippen molar-refractivity contribution in [2.45, 2.75) is 64.1 Å². The van der Waals surface area contributed by atoms with E-state index in [9.17, 15) is 0 Å². The maximum Gasteiger partial charge on any atom is 0.155 e. The van der Waals surface area contributed by atoms with Gasteiger partial charge in [0.05, 0.1) is 17.1 Å². The lowest BCUT2D eigenvalue weighted by atomic mass is 9.93. The Morgan fingerprint density at radius 3 is 2.81 bits per heavy atom. The fraction of sp³-hybridized carbons (Fsp3) is 0.550. The summed E-state index contributed by atoms with van der Waals surface area (Å²) in [6.07, 6.45) is 7.48. The first-order chi connectivity index (χ1) is 12.4. The van der Waals surface area contributed by atoms with E-state index in [2.05, 4.69) is 53.6 Å². The van der Waals surface area contributed by atoms with Gasteiger partial charge in [0.2, 0.25) is 0 Å². The summed E-state index contributed by atoms with van der Waals surface area (Å²) in [5.41, 5.74) is 6.13. The SMILES string of the molecule is Cn1nccc1CN1[C@H]2CC[C@@H]1c1cnc3cc(C(C)(C)C)nn3c1C2. The second kappa shape index (κ2) is 5.39. The molecular formula is C20H26N6. The molecule has 136 valence electrons. The number of aromatic nitrogens is 5. The smallest absolute Gasteiger partial charge is 0.155 e. The van der Waals surface area contributed by atoms with Crippen LogP contribution in [0, 0.1) is 0 Å². The third-order valence-corrected chi connectivity index (χ3v) is 6.08. The molecule has 2 aliphatic rings. The van der Waals surface area contributed by atoms with Crippen LogP contribution in [-0.2, 0) is 25.4 Å². The van der Waals surface area contributed by atoms with Gasteiger partial charge in [-0.05, 0) is 18.9 Å². The molecule has 5 heterocycles. The summed E-state index contributed by atoms with van der Waals surface area (Å²) in [6, 6.07) is 5.29. The zero-order valence-corrected chi connectivity index (χ0v) is 16.0. The molecular weight excluding hydrogens is 324 g/mol. The summed E-state index contributed by atoms with van der Waals surface area (Å²) in [4.78, 5) is 7.39. The van der Waals surface area contributed by atoms with Gasteiger partial charge in [-0.15, -0.1) is 0 Å². The highest BCUT2D eigenvalue weighted by Gasteiger charge is 2.41. The molecule has 0 aromatic carbocycles. The van der Waals surface area contributed by atoms with Gasteiger partial charge in [-0.2, -0.15) is 10.2 Å². The maximum atomic E-state index is 4.93. The van der Waals surface area contributed by atoms with Gasteiger partial charge in [0.15, 0.2) is 5.65 Å². The van der Waals surface area contributed by atoms with E-state index in [1.165, 1.54) is 29.8 Å². The van der Waals surface area contributed by atoms with Crippen molar-refractivity contribution in [2.75, 3.05) is 0 Å². The molecule has 0 spiro atoms. The third-order valence-electron chi connectivity index (χ3n) is 6.08. The van der Waals surface area contributed by atoms with Crippen LogP contribution in [0.1, 0.15) is 62.3 Å². The van der Waals surface area contributed by atoms with E-state index < -0.39 is 0 Å². The fourth-order valence-corrected chi connectivity index (χ4v) is 4.54. The van der Waals surface area contributed by atoms with Crippen LogP contribution in [0.25, 0.3) is 5.65 Å². The summed E-state index contributed by atoms with van der Waals surface area (Å²) < 4.78 is 4.10. The van der Waals surface area contributed by atoms with Gasteiger partial charge in [0, 0.05) is 61.5 Å². The van der Waals surface area contributed by atoms with Gasteiger partial charge in [-0.1, -0.05) is 20.8 Å². The molecule has 0 radical (unpaired) electrons. The van der Waals surface area contributed by atoms with Crippen LogP contribution in [0.2, 0.25) is 0 Å². The first-order valence-electron chi connectivity index (χ1n) is 9.52. The second-order valence-corrected chi connectivity index (χ2v) is 8.78. The minimum Gasteiger partial charge on any atom is -0.287 e. The summed E-state index contributed by atoms with van der Waals surface area (Å²) >= 11 is 0.